The molecule has 10 atom stereocenters. The topological polar surface area (TPSA) is 161 Å². The van der Waals surface area contributed by atoms with Crippen LogP contribution in [0.4, 0.5) is 0 Å². The molecule has 0 bridgehead atoms. The van der Waals surface area contributed by atoms with Gasteiger partial charge in [0.05, 0.1) is 44.3 Å². The quantitative estimate of drug-likeness (QED) is 0.333. The third-order valence-electron chi connectivity index (χ3n) is 9.37. The van der Waals surface area contributed by atoms with E-state index >= 15 is 0 Å². The number of hydrogen-bond acceptors (Lipinski definition) is 14. The van der Waals surface area contributed by atoms with Gasteiger partial charge in [0.1, 0.15) is 24.4 Å². The number of aliphatic hydroxyl groups excluding tert-OH is 2. The molecule has 2 aromatic carbocycles. The molecule has 0 spiro atoms. The summed E-state index contributed by atoms with van der Waals surface area (Å²) in [6, 6.07) is 10.7. The summed E-state index contributed by atoms with van der Waals surface area (Å²) in [5, 5.41) is 35.0. The van der Waals surface area contributed by atoms with Crippen molar-refractivity contribution in [3.8, 4) is 28.7 Å². The van der Waals surface area contributed by atoms with E-state index in [9.17, 15) is 20.1 Å². The molecule has 1 aliphatic carbocycles. The van der Waals surface area contributed by atoms with Gasteiger partial charge in [0, 0.05) is 11.8 Å². The van der Waals surface area contributed by atoms with E-state index in [-0.39, 0.29) is 37.3 Å². The van der Waals surface area contributed by atoms with Gasteiger partial charge in [-0.15, -0.1) is 11.3 Å². The van der Waals surface area contributed by atoms with Crippen molar-refractivity contribution in [1.82, 2.24) is 0 Å². The van der Waals surface area contributed by atoms with Gasteiger partial charge in [-0.25, -0.2) is 0 Å². The van der Waals surface area contributed by atoms with E-state index in [1.54, 1.807) is 18.2 Å². The van der Waals surface area contributed by atoms with Crippen LogP contribution in [-0.2, 0) is 28.5 Å². The number of rotatable bonds is 6. The molecule has 8 rings (SSSR count). The fourth-order valence-electron chi connectivity index (χ4n) is 7.18. The minimum atomic E-state index is -1.47. The number of phenolic OH excluding ortho intramolecular Hbond substituents is 1. The van der Waals surface area contributed by atoms with Crippen molar-refractivity contribution in [3.63, 3.8) is 0 Å². The Morgan fingerprint density at radius 2 is 1.65 bits per heavy atom. The lowest BCUT2D eigenvalue weighted by atomic mass is 9.66. The third kappa shape index (κ3) is 4.70. The lowest BCUT2D eigenvalue weighted by molar-refractivity contribution is -0.368. The molecule has 0 saturated carbocycles. The van der Waals surface area contributed by atoms with Crippen molar-refractivity contribution in [2.45, 2.75) is 49.0 Å². The van der Waals surface area contributed by atoms with Gasteiger partial charge in [-0.3, -0.25) is 4.79 Å². The highest BCUT2D eigenvalue weighted by molar-refractivity contribution is 7.10. The molecular weight excluding hydrogens is 624 g/mol. The van der Waals surface area contributed by atoms with Gasteiger partial charge in [-0.1, -0.05) is 6.07 Å². The van der Waals surface area contributed by atoms with Crippen LogP contribution in [0.2, 0.25) is 0 Å². The number of esters is 1. The highest BCUT2D eigenvalue weighted by Gasteiger charge is 2.56. The molecule has 3 aromatic rings. The summed E-state index contributed by atoms with van der Waals surface area (Å²) < 4.78 is 52.6. The second-order valence-electron chi connectivity index (χ2n) is 11.8. The summed E-state index contributed by atoms with van der Waals surface area (Å²) in [7, 11) is 2.86. The van der Waals surface area contributed by atoms with Crippen LogP contribution in [0.15, 0.2) is 41.8 Å². The highest BCUT2D eigenvalue weighted by atomic mass is 32.1. The van der Waals surface area contributed by atoms with Crippen LogP contribution in [0.1, 0.15) is 39.9 Å². The SMILES string of the molecule is COc1cc(C2c3cc4c(cc3[C@@H](O[C@@H]3OC5CO[C@@H](c6cccs6)O[C@H]5[C@H](O)[C@H]3O)[C@H]3COC(=O)[C@H]23)OCO4)cc(OC)c1O. The van der Waals surface area contributed by atoms with E-state index in [0.717, 1.165) is 4.88 Å². The molecule has 46 heavy (non-hydrogen) atoms. The minimum Gasteiger partial charge on any atom is -0.502 e. The summed E-state index contributed by atoms with van der Waals surface area (Å²) in [6.45, 7) is 0.171. The van der Waals surface area contributed by atoms with Crippen molar-refractivity contribution in [3.05, 3.63) is 63.3 Å². The number of aliphatic hydroxyl groups is 2. The molecular formula is C32H32O13S. The number of aromatic hydroxyl groups is 1. The number of carbonyl (C=O) groups is 1. The molecule has 13 nitrogen and oxygen atoms in total. The van der Waals surface area contributed by atoms with E-state index in [4.69, 9.17) is 42.6 Å². The standard InChI is InChI=1S/C32H32O13S/c1-37-19-6-13(7-20(38-2)25(19)33)23-14-8-17-18(42-12-41-17)9-15(14)28(16-10-39-30(36)24(16)23)44-32-27(35)26(34)29-21(43-32)11-40-31(45-29)22-4-3-5-46-22/h3-9,16,21,23-24,26-29,31-35H,10-12H2,1-2H3/t16-,21?,23?,24-,26+,27+,28+,29+,31+,32-/m0/s1. The number of carbonyl (C=O) groups excluding carboxylic acids is 1. The van der Waals surface area contributed by atoms with Gasteiger partial charge in [0.2, 0.25) is 12.5 Å². The number of phenols is 1. The second kappa shape index (κ2) is 11.6. The summed E-state index contributed by atoms with van der Waals surface area (Å²) in [4.78, 5) is 14.3. The average Bonchev–Trinajstić information content (AvgIpc) is 3.85. The first-order valence-corrected chi connectivity index (χ1v) is 15.8. The second-order valence-corrected chi connectivity index (χ2v) is 12.7. The van der Waals surface area contributed by atoms with E-state index in [1.165, 1.54) is 25.6 Å². The Kier molecular flexibility index (Phi) is 7.48. The lowest BCUT2D eigenvalue weighted by Crippen LogP contribution is -2.62. The predicted molar refractivity (Wildman–Crippen MR) is 156 cm³/mol. The zero-order valence-electron chi connectivity index (χ0n) is 24.8. The predicted octanol–water partition coefficient (Wildman–Crippen LogP) is 2.75. The first kappa shape index (κ1) is 29.8. The lowest BCUT2D eigenvalue weighted by Gasteiger charge is -2.48. The molecule has 14 heteroatoms. The van der Waals surface area contributed by atoms with E-state index in [2.05, 4.69) is 0 Å². The number of benzene rings is 2. The Bertz CT molecular complexity index is 1600. The number of thiophene rings is 1. The zero-order chi connectivity index (χ0) is 31.7. The number of cyclic esters (lactones) is 1. The molecule has 3 N–H and O–H groups in total. The van der Waals surface area contributed by atoms with Crippen molar-refractivity contribution < 1.29 is 62.7 Å². The summed E-state index contributed by atoms with van der Waals surface area (Å²) in [5.41, 5.74) is 2.00. The van der Waals surface area contributed by atoms with Crippen molar-refractivity contribution >= 4 is 17.3 Å². The monoisotopic (exact) mass is 656 g/mol. The van der Waals surface area contributed by atoms with Gasteiger partial charge in [-0.05, 0) is 52.4 Å². The third-order valence-corrected chi connectivity index (χ3v) is 10.3. The first-order valence-electron chi connectivity index (χ1n) is 14.9. The normalized spacial score (nSPS) is 34.3. The number of fused-ring (bicyclic) bond motifs is 4. The molecule has 5 heterocycles. The largest absolute Gasteiger partial charge is 0.502 e. The Morgan fingerprint density at radius 3 is 2.35 bits per heavy atom. The molecule has 2 unspecified atom stereocenters. The molecule has 0 amide bonds. The van der Waals surface area contributed by atoms with Crippen molar-refractivity contribution in [2.75, 3.05) is 34.2 Å². The first-order chi connectivity index (χ1) is 22.4. The van der Waals surface area contributed by atoms with Crippen LogP contribution in [0.5, 0.6) is 28.7 Å². The molecule has 4 aliphatic heterocycles. The number of ether oxygens (including phenoxy) is 9. The maximum absolute atomic E-state index is 13.5. The van der Waals surface area contributed by atoms with Crippen LogP contribution < -0.4 is 18.9 Å². The number of hydrogen-bond donors (Lipinski definition) is 3. The Morgan fingerprint density at radius 1 is 0.913 bits per heavy atom. The van der Waals surface area contributed by atoms with E-state index in [0.29, 0.717) is 28.2 Å². The van der Waals surface area contributed by atoms with Gasteiger partial charge in [-0.2, -0.15) is 0 Å². The maximum atomic E-state index is 13.5. The molecule has 5 aliphatic rings. The van der Waals surface area contributed by atoms with Gasteiger partial charge >= 0.3 is 5.97 Å². The van der Waals surface area contributed by atoms with Crippen LogP contribution >= 0.6 is 11.3 Å². The van der Waals surface area contributed by atoms with E-state index in [1.807, 2.05) is 23.6 Å². The smallest absolute Gasteiger partial charge is 0.310 e. The fourth-order valence-corrected chi connectivity index (χ4v) is 7.89. The summed E-state index contributed by atoms with van der Waals surface area (Å²) in [5.74, 6) is -1.08. The fraction of sp³-hybridized carbons (Fsp3) is 0.469. The number of methoxy groups -OCH3 is 2. The summed E-state index contributed by atoms with van der Waals surface area (Å²) in [6.07, 6.45) is -7.16. The van der Waals surface area contributed by atoms with Crippen LogP contribution in [0.3, 0.4) is 0 Å². The average molecular weight is 657 g/mol. The van der Waals surface area contributed by atoms with Crippen molar-refractivity contribution in [2.24, 2.45) is 11.8 Å². The minimum absolute atomic E-state index is 0.0242. The molecule has 3 fully saturated rings. The zero-order valence-corrected chi connectivity index (χ0v) is 25.6. The van der Waals surface area contributed by atoms with Gasteiger partial charge in [0.15, 0.2) is 35.6 Å². The van der Waals surface area contributed by atoms with Crippen LogP contribution in [0.25, 0.3) is 0 Å². The van der Waals surface area contributed by atoms with E-state index < -0.39 is 66.8 Å². The maximum Gasteiger partial charge on any atom is 0.310 e. The Hall–Kier alpha value is -3.63. The van der Waals surface area contributed by atoms with Crippen LogP contribution in [-0.4, -0.2) is 86.2 Å². The highest BCUT2D eigenvalue weighted by Crippen LogP contribution is 2.57. The molecule has 0 radical (unpaired) electrons. The molecule has 3 saturated heterocycles. The van der Waals surface area contributed by atoms with Gasteiger partial charge < -0.3 is 58.0 Å². The van der Waals surface area contributed by atoms with Crippen LogP contribution in [0, 0.1) is 11.8 Å². The Labute approximate surface area is 267 Å². The van der Waals surface area contributed by atoms with Gasteiger partial charge in [0.25, 0.3) is 0 Å². The van der Waals surface area contributed by atoms with Crippen molar-refractivity contribution in [1.29, 1.82) is 0 Å². The summed E-state index contributed by atoms with van der Waals surface area (Å²) >= 11 is 1.46. The molecule has 1 aromatic heterocycles. The molecule has 244 valence electrons. The Balaban J connectivity index is 1.16.